The smallest absolute Gasteiger partial charge is 0.267 e. The van der Waals surface area contributed by atoms with Crippen molar-refractivity contribution in [3.05, 3.63) is 81.1 Å². The van der Waals surface area contributed by atoms with Crippen LogP contribution in [-0.4, -0.2) is 93.1 Å². The third-order valence-electron chi connectivity index (χ3n) is 10.2. The first-order chi connectivity index (χ1) is 27.0. The van der Waals surface area contributed by atoms with Crippen molar-refractivity contribution < 1.29 is 24.0 Å². The monoisotopic (exact) mass is 798 g/mol. The van der Waals surface area contributed by atoms with E-state index in [2.05, 4.69) is 41.1 Å². The maximum absolute atomic E-state index is 13.1. The zero-order valence-electron chi connectivity index (χ0n) is 31.2. The molecule has 2 saturated heterocycles. The van der Waals surface area contributed by atoms with E-state index in [1.165, 1.54) is 17.5 Å². The Balaban J connectivity index is 0.832. The first kappa shape index (κ1) is 38.7. The van der Waals surface area contributed by atoms with Crippen LogP contribution in [0.15, 0.2) is 48.7 Å². The zero-order chi connectivity index (χ0) is 39.3. The average molecular weight is 799 g/mol. The minimum Gasteiger partial charge on any atom is -0.385 e. The number of rotatable bonds is 13. The van der Waals surface area contributed by atoms with Gasteiger partial charge in [-0.25, -0.2) is 15.0 Å². The van der Waals surface area contributed by atoms with Crippen molar-refractivity contribution >= 4 is 80.6 Å². The second-order valence-corrected chi connectivity index (χ2v) is 15.5. The van der Waals surface area contributed by atoms with E-state index in [1.54, 1.807) is 17.0 Å². The third-order valence-corrected chi connectivity index (χ3v) is 11.4. The molecule has 5 amide bonds. The molecule has 4 aromatic rings. The number of imide groups is 1. The molecule has 15 nitrogen and oxygen atoms in total. The third kappa shape index (κ3) is 8.76. The number of carbonyl (C=O) groups is 5. The molecule has 17 heteroatoms. The van der Waals surface area contributed by atoms with Crippen LogP contribution in [0.4, 0.5) is 28.1 Å². The molecule has 0 saturated carbocycles. The molecule has 56 heavy (non-hydrogen) atoms. The summed E-state index contributed by atoms with van der Waals surface area (Å²) in [6.07, 6.45) is 5.04. The van der Waals surface area contributed by atoms with Crippen molar-refractivity contribution in [3.8, 4) is 0 Å². The summed E-state index contributed by atoms with van der Waals surface area (Å²) in [5, 5.41) is 12.8. The van der Waals surface area contributed by atoms with E-state index in [1.807, 2.05) is 49.1 Å². The highest BCUT2D eigenvalue weighted by Crippen LogP contribution is 2.33. The molecule has 0 radical (unpaired) electrons. The van der Waals surface area contributed by atoms with Gasteiger partial charge in [0.05, 0.1) is 16.9 Å². The zero-order valence-corrected chi connectivity index (χ0v) is 32.8. The van der Waals surface area contributed by atoms with Gasteiger partial charge in [0.2, 0.25) is 17.7 Å². The number of piperazine rings is 1. The van der Waals surface area contributed by atoms with Crippen LogP contribution in [0.2, 0.25) is 5.02 Å². The molecule has 0 spiro atoms. The van der Waals surface area contributed by atoms with Crippen LogP contribution in [0, 0.1) is 13.8 Å². The Morgan fingerprint density at radius 2 is 1.80 bits per heavy atom. The van der Waals surface area contributed by atoms with Crippen LogP contribution in [0.1, 0.15) is 75.5 Å². The SMILES string of the molecule is Cc1nc(Nc2ncc(C(=O)Nc3c(C)cccc3Cl)s2)cc(N2CCN(C(=O)CCCCCNc3cccc4c3CN(C3CCC(=O)NC3=O)C4=O)CC2)n1. The van der Waals surface area contributed by atoms with Crippen molar-refractivity contribution in [1.82, 2.24) is 30.1 Å². The van der Waals surface area contributed by atoms with Crippen molar-refractivity contribution in [2.24, 2.45) is 0 Å². The minimum atomic E-state index is -0.647. The Bertz CT molecular complexity index is 2150. The topological polar surface area (TPSA) is 182 Å². The normalized spacial score (nSPS) is 16.8. The number of hydrogen-bond acceptors (Lipinski definition) is 12. The second kappa shape index (κ2) is 17.0. The fraction of sp³-hybridized carbons (Fsp3) is 0.385. The highest BCUT2D eigenvalue weighted by Gasteiger charge is 2.39. The summed E-state index contributed by atoms with van der Waals surface area (Å²) in [6, 6.07) is 12.2. The van der Waals surface area contributed by atoms with Crippen LogP contribution >= 0.6 is 22.9 Å². The van der Waals surface area contributed by atoms with Gasteiger partial charge in [0.1, 0.15) is 28.4 Å². The highest BCUT2D eigenvalue weighted by atomic mass is 35.5. The summed E-state index contributed by atoms with van der Waals surface area (Å²) >= 11 is 7.49. The fourth-order valence-corrected chi connectivity index (χ4v) is 8.17. The lowest BCUT2D eigenvalue weighted by Crippen LogP contribution is -2.52. The number of nitrogens with zero attached hydrogens (tertiary/aromatic N) is 6. The lowest BCUT2D eigenvalue weighted by Gasteiger charge is -2.35. The van der Waals surface area contributed by atoms with Crippen LogP contribution in [0.25, 0.3) is 0 Å². The number of para-hydroxylation sites is 1. The van der Waals surface area contributed by atoms with Crippen LogP contribution < -0.4 is 26.2 Å². The quantitative estimate of drug-likeness (QED) is 0.102. The summed E-state index contributed by atoms with van der Waals surface area (Å²) in [4.78, 5) is 82.7. The maximum Gasteiger partial charge on any atom is 0.267 e. The number of fused-ring (bicyclic) bond motifs is 1. The van der Waals surface area contributed by atoms with Gasteiger partial charge in [-0.1, -0.05) is 47.6 Å². The molecule has 1 unspecified atom stereocenters. The number of piperidine rings is 1. The molecule has 292 valence electrons. The van der Waals surface area contributed by atoms with Gasteiger partial charge < -0.3 is 30.7 Å². The first-order valence-corrected chi connectivity index (χ1v) is 19.9. The number of thiazole rings is 1. The van der Waals surface area contributed by atoms with Gasteiger partial charge in [-0.05, 0) is 56.9 Å². The summed E-state index contributed by atoms with van der Waals surface area (Å²) in [7, 11) is 0. The summed E-state index contributed by atoms with van der Waals surface area (Å²) in [6.45, 7) is 7.17. The molecular weight excluding hydrogens is 756 g/mol. The molecule has 1 atom stereocenters. The van der Waals surface area contributed by atoms with Gasteiger partial charge in [-0.2, -0.15) is 0 Å². The average Bonchev–Trinajstić information content (AvgIpc) is 3.79. The lowest BCUT2D eigenvalue weighted by molar-refractivity contribution is -0.137. The number of aryl methyl sites for hydroxylation is 2. The van der Waals surface area contributed by atoms with Crippen molar-refractivity contribution in [3.63, 3.8) is 0 Å². The molecule has 4 N–H and O–H groups in total. The van der Waals surface area contributed by atoms with Crippen molar-refractivity contribution in [2.75, 3.05) is 53.6 Å². The van der Waals surface area contributed by atoms with E-state index in [9.17, 15) is 24.0 Å². The molecular formula is C39H43ClN10O5S. The van der Waals surface area contributed by atoms with E-state index in [4.69, 9.17) is 11.6 Å². The Hall–Kier alpha value is -5.61. The van der Waals surface area contributed by atoms with Crippen LogP contribution in [0.3, 0.4) is 0 Å². The predicted molar refractivity (Wildman–Crippen MR) is 215 cm³/mol. The maximum atomic E-state index is 13.1. The Labute approximate surface area is 333 Å². The Morgan fingerprint density at radius 1 is 1.00 bits per heavy atom. The summed E-state index contributed by atoms with van der Waals surface area (Å²) < 4.78 is 0. The number of hydrogen-bond donors (Lipinski definition) is 4. The molecule has 3 aliphatic heterocycles. The van der Waals surface area contributed by atoms with E-state index < -0.39 is 11.9 Å². The second-order valence-electron chi connectivity index (χ2n) is 14.0. The summed E-state index contributed by atoms with van der Waals surface area (Å²) in [5.41, 5.74) is 3.74. The highest BCUT2D eigenvalue weighted by molar-refractivity contribution is 7.17. The van der Waals surface area contributed by atoms with Gasteiger partial charge >= 0.3 is 0 Å². The Morgan fingerprint density at radius 3 is 2.59 bits per heavy atom. The van der Waals surface area contributed by atoms with Gasteiger partial charge in [0.15, 0.2) is 5.13 Å². The summed E-state index contributed by atoms with van der Waals surface area (Å²) in [5.74, 6) is 0.809. The lowest BCUT2D eigenvalue weighted by atomic mass is 10.0. The van der Waals surface area contributed by atoms with E-state index in [0.717, 1.165) is 41.9 Å². The number of anilines is 5. The molecule has 2 aromatic carbocycles. The van der Waals surface area contributed by atoms with Gasteiger partial charge in [0.25, 0.3) is 11.8 Å². The molecule has 2 aromatic heterocycles. The number of aromatic nitrogens is 3. The van der Waals surface area contributed by atoms with Crippen molar-refractivity contribution in [1.29, 1.82) is 0 Å². The number of nitrogens with one attached hydrogen (secondary N) is 4. The first-order valence-electron chi connectivity index (χ1n) is 18.7. The van der Waals surface area contributed by atoms with E-state index in [-0.39, 0.29) is 30.0 Å². The number of amides is 5. The van der Waals surface area contributed by atoms with Crippen molar-refractivity contribution in [2.45, 2.75) is 65.0 Å². The number of unbranched alkanes of at least 4 members (excludes halogenated alkanes) is 2. The van der Waals surface area contributed by atoms with Gasteiger partial charge in [-0.15, -0.1) is 0 Å². The van der Waals surface area contributed by atoms with Crippen LogP contribution in [-0.2, 0) is 20.9 Å². The molecule has 0 bridgehead atoms. The van der Waals surface area contributed by atoms with Gasteiger partial charge in [0, 0.05) is 75.0 Å². The number of halogens is 1. The molecule has 0 aliphatic carbocycles. The van der Waals surface area contributed by atoms with E-state index in [0.29, 0.717) is 90.0 Å². The minimum absolute atomic E-state index is 0.139. The standard InChI is InChI=1S/C39H43ClN10O5S/c1-23-8-6-10-27(40)35(23)47-37(54)30-21-42-39(56-30)45-31-20-32(44-24(2)43-31)48-16-18-49(19-17-48)34(52)12-4-3-5-15-41-28-11-7-9-25-26(28)22-50(38(25)55)29-13-14-33(51)46-36(29)53/h6-11,20-21,29,41H,3-5,12-19,22H2,1-2H3,(H,47,54)(H,46,51,53)(H,42,43,44,45). The fourth-order valence-electron chi connectivity index (χ4n) is 7.19. The molecule has 5 heterocycles. The molecule has 2 fully saturated rings. The van der Waals surface area contributed by atoms with Gasteiger partial charge in [-0.3, -0.25) is 29.3 Å². The Kier molecular flexibility index (Phi) is 11.8. The largest absolute Gasteiger partial charge is 0.385 e. The van der Waals surface area contributed by atoms with Crippen LogP contribution in [0.5, 0.6) is 0 Å². The molecule has 7 rings (SSSR count). The number of carbonyl (C=O) groups excluding carboxylic acids is 5. The predicted octanol–water partition coefficient (Wildman–Crippen LogP) is 5.28. The molecule has 3 aliphatic rings. The van der Waals surface area contributed by atoms with E-state index >= 15 is 0 Å². The number of benzene rings is 2.